The second-order valence-electron chi connectivity index (χ2n) is 5.79. The van der Waals surface area contributed by atoms with E-state index in [2.05, 4.69) is 39.1 Å². The summed E-state index contributed by atoms with van der Waals surface area (Å²) >= 11 is 0. The molecule has 2 aromatic rings. The molecule has 0 atom stereocenters. The second-order valence-corrected chi connectivity index (χ2v) is 5.79. The van der Waals surface area contributed by atoms with Crippen LogP contribution in [0.4, 0.5) is 5.82 Å². The molecule has 3 rings (SSSR count). The Morgan fingerprint density at radius 3 is 2.50 bits per heavy atom. The maximum Gasteiger partial charge on any atom is 0.354 e. The van der Waals surface area contributed by atoms with Gasteiger partial charge in [0.1, 0.15) is 5.82 Å². The molecule has 1 fully saturated rings. The van der Waals surface area contributed by atoms with Gasteiger partial charge in [0.2, 0.25) is 0 Å². The number of piperazine rings is 1. The van der Waals surface area contributed by atoms with Crippen LogP contribution in [0.15, 0.2) is 54.6 Å². The number of hydrogen-bond donors (Lipinski definition) is 1. The first-order valence-corrected chi connectivity index (χ1v) is 8.11. The van der Waals surface area contributed by atoms with Gasteiger partial charge in [0, 0.05) is 32.7 Å². The summed E-state index contributed by atoms with van der Waals surface area (Å²) in [7, 11) is 0. The molecule has 124 valence electrons. The van der Waals surface area contributed by atoms with E-state index in [0.717, 1.165) is 38.5 Å². The summed E-state index contributed by atoms with van der Waals surface area (Å²) in [6, 6.07) is 15.4. The van der Waals surface area contributed by atoms with E-state index in [9.17, 15) is 4.79 Å². The van der Waals surface area contributed by atoms with Gasteiger partial charge in [-0.3, -0.25) is 4.90 Å². The lowest BCUT2D eigenvalue weighted by atomic mass is 10.2. The topological polar surface area (TPSA) is 56.7 Å². The van der Waals surface area contributed by atoms with Gasteiger partial charge in [-0.25, -0.2) is 9.78 Å². The Morgan fingerprint density at radius 1 is 1.04 bits per heavy atom. The number of rotatable bonds is 5. The summed E-state index contributed by atoms with van der Waals surface area (Å²) in [6.45, 7) is 4.52. The molecule has 5 nitrogen and oxygen atoms in total. The lowest BCUT2D eigenvalue weighted by Gasteiger charge is -2.34. The summed E-state index contributed by atoms with van der Waals surface area (Å²) in [5.41, 5.74) is 1.31. The van der Waals surface area contributed by atoms with Gasteiger partial charge in [0.25, 0.3) is 0 Å². The quantitative estimate of drug-likeness (QED) is 0.916. The second kappa shape index (κ2) is 7.75. The number of hydrogen-bond acceptors (Lipinski definition) is 4. The van der Waals surface area contributed by atoms with E-state index in [0.29, 0.717) is 0 Å². The minimum atomic E-state index is -0.985. The number of aromatic nitrogens is 1. The van der Waals surface area contributed by atoms with E-state index in [1.807, 2.05) is 24.3 Å². The van der Waals surface area contributed by atoms with Crippen LogP contribution < -0.4 is 4.90 Å². The van der Waals surface area contributed by atoms with Gasteiger partial charge in [-0.05, 0) is 17.7 Å². The first kappa shape index (κ1) is 16.2. The van der Waals surface area contributed by atoms with Crippen molar-refractivity contribution in [2.24, 2.45) is 0 Å². The molecule has 0 spiro atoms. The number of anilines is 1. The Balaban J connectivity index is 1.51. The highest BCUT2D eigenvalue weighted by atomic mass is 16.4. The summed E-state index contributed by atoms with van der Waals surface area (Å²) < 4.78 is 0. The molecule has 1 aromatic carbocycles. The zero-order valence-corrected chi connectivity index (χ0v) is 13.5. The molecule has 2 heterocycles. The molecule has 1 aromatic heterocycles. The minimum absolute atomic E-state index is 0.0979. The largest absolute Gasteiger partial charge is 0.477 e. The van der Waals surface area contributed by atoms with Crippen LogP contribution in [0.5, 0.6) is 0 Å². The average Bonchev–Trinajstić information content (AvgIpc) is 2.63. The Bertz CT molecular complexity index is 708. The van der Waals surface area contributed by atoms with Gasteiger partial charge in [0.15, 0.2) is 5.69 Å². The summed E-state index contributed by atoms with van der Waals surface area (Å²) in [6.07, 6.45) is 4.33. The van der Waals surface area contributed by atoms with Crippen LogP contribution >= 0.6 is 0 Å². The number of pyridine rings is 1. The van der Waals surface area contributed by atoms with E-state index >= 15 is 0 Å². The van der Waals surface area contributed by atoms with Crippen LogP contribution in [0.1, 0.15) is 16.1 Å². The Kier molecular flexibility index (Phi) is 5.23. The highest BCUT2D eigenvalue weighted by molar-refractivity contribution is 5.85. The number of carboxylic acid groups (broad SMARTS) is 1. The van der Waals surface area contributed by atoms with Crippen molar-refractivity contribution in [3.63, 3.8) is 0 Å². The van der Waals surface area contributed by atoms with Crippen LogP contribution in [0, 0.1) is 0 Å². The Morgan fingerprint density at radius 2 is 1.79 bits per heavy atom. The average molecular weight is 323 g/mol. The molecular weight excluding hydrogens is 302 g/mol. The smallest absolute Gasteiger partial charge is 0.354 e. The zero-order valence-electron chi connectivity index (χ0n) is 13.5. The molecule has 1 N–H and O–H groups in total. The predicted molar refractivity (Wildman–Crippen MR) is 95.3 cm³/mol. The van der Waals surface area contributed by atoms with Gasteiger partial charge in [-0.2, -0.15) is 0 Å². The molecule has 0 radical (unpaired) electrons. The highest BCUT2D eigenvalue weighted by Crippen LogP contribution is 2.14. The van der Waals surface area contributed by atoms with Crippen LogP contribution in [-0.2, 0) is 0 Å². The van der Waals surface area contributed by atoms with E-state index in [4.69, 9.17) is 5.11 Å². The summed E-state index contributed by atoms with van der Waals surface area (Å²) in [5, 5.41) is 9.04. The molecule has 24 heavy (non-hydrogen) atoms. The lowest BCUT2D eigenvalue weighted by molar-refractivity contribution is 0.0690. The first-order valence-electron chi connectivity index (χ1n) is 8.11. The van der Waals surface area contributed by atoms with Gasteiger partial charge < -0.3 is 10.0 Å². The number of carbonyl (C=O) groups is 1. The van der Waals surface area contributed by atoms with Crippen molar-refractivity contribution in [2.75, 3.05) is 37.6 Å². The number of benzene rings is 1. The molecule has 1 saturated heterocycles. The fraction of sp³-hybridized carbons (Fsp3) is 0.263. The van der Waals surface area contributed by atoms with Crippen LogP contribution in [0.25, 0.3) is 6.08 Å². The normalized spacial score (nSPS) is 15.8. The standard InChI is InChI=1S/C19H21N3O2/c23-19(24)17-9-4-10-18(20-17)22-14-12-21(13-15-22)11-5-8-16-6-2-1-3-7-16/h1-10H,11-15H2,(H,23,24)/b8-5+. The van der Waals surface area contributed by atoms with Crippen LogP contribution in [0.2, 0.25) is 0 Å². The fourth-order valence-electron chi connectivity index (χ4n) is 2.78. The van der Waals surface area contributed by atoms with E-state index < -0.39 is 5.97 Å². The lowest BCUT2D eigenvalue weighted by Crippen LogP contribution is -2.46. The summed E-state index contributed by atoms with van der Waals surface area (Å²) in [4.78, 5) is 19.8. The van der Waals surface area contributed by atoms with Gasteiger partial charge >= 0.3 is 5.97 Å². The van der Waals surface area contributed by atoms with Gasteiger partial charge in [-0.15, -0.1) is 0 Å². The van der Waals surface area contributed by atoms with E-state index in [1.165, 1.54) is 11.6 Å². The van der Waals surface area contributed by atoms with Gasteiger partial charge in [-0.1, -0.05) is 48.6 Å². The first-order chi connectivity index (χ1) is 11.7. The summed E-state index contributed by atoms with van der Waals surface area (Å²) in [5.74, 6) is -0.240. The number of carboxylic acids is 1. The van der Waals surface area contributed by atoms with Crippen molar-refractivity contribution in [2.45, 2.75) is 0 Å². The monoisotopic (exact) mass is 323 g/mol. The molecule has 0 bridgehead atoms. The van der Waals surface area contributed by atoms with Crippen molar-refractivity contribution < 1.29 is 9.90 Å². The van der Waals surface area contributed by atoms with E-state index in [1.54, 1.807) is 6.07 Å². The molecule has 0 unspecified atom stereocenters. The van der Waals surface area contributed by atoms with Crippen molar-refractivity contribution in [1.29, 1.82) is 0 Å². The van der Waals surface area contributed by atoms with Crippen molar-refractivity contribution in [1.82, 2.24) is 9.88 Å². The zero-order chi connectivity index (χ0) is 16.8. The minimum Gasteiger partial charge on any atom is -0.477 e. The SMILES string of the molecule is O=C(O)c1cccc(N2CCN(C/C=C/c3ccccc3)CC2)n1. The number of nitrogens with zero attached hydrogens (tertiary/aromatic N) is 3. The third-order valence-corrected chi connectivity index (χ3v) is 4.12. The maximum atomic E-state index is 11.0. The Hall–Kier alpha value is -2.66. The molecule has 1 aliphatic rings. The van der Waals surface area contributed by atoms with Crippen LogP contribution in [-0.4, -0.2) is 53.7 Å². The molecule has 5 heteroatoms. The molecular formula is C19H21N3O2. The van der Waals surface area contributed by atoms with Crippen molar-refractivity contribution in [3.8, 4) is 0 Å². The third-order valence-electron chi connectivity index (χ3n) is 4.12. The van der Waals surface area contributed by atoms with Crippen LogP contribution in [0.3, 0.4) is 0 Å². The molecule has 0 amide bonds. The van der Waals surface area contributed by atoms with Crippen molar-refractivity contribution in [3.05, 3.63) is 65.9 Å². The Labute approximate surface area is 141 Å². The van der Waals surface area contributed by atoms with Gasteiger partial charge in [0.05, 0.1) is 0 Å². The fourth-order valence-corrected chi connectivity index (χ4v) is 2.78. The molecule has 0 saturated carbocycles. The third kappa shape index (κ3) is 4.20. The highest BCUT2D eigenvalue weighted by Gasteiger charge is 2.18. The molecule has 0 aliphatic carbocycles. The number of aromatic carboxylic acids is 1. The predicted octanol–water partition coefficient (Wildman–Crippen LogP) is 2.62. The maximum absolute atomic E-state index is 11.0. The van der Waals surface area contributed by atoms with E-state index in [-0.39, 0.29) is 5.69 Å². The van der Waals surface area contributed by atoms with Crippen molar-refractivity contribution >= 4 is 17.9 Å². The molecule has 1 aliphatic heterocycles.